The second kappa shape index (κ2) is 5.40. The molecule has 0 N–H and O–H groups in total. The Morgan fingerprint density at radius 3 is 2.57 bits per heavy atom. The molecule has 5 nitrogen and oxygen atoms in total. The molecule has 2 aromatic rings. The van der Waals surface area contributed by atoms with Crippen molar-refractivity contribution in [3.8, 4) is 0 Å². The number of hydrogen-bond acceptors (Lipinski definition) is 5. The van der Waals surface area contributed by atoms with Gasteiger partial charge in [-0.2, -0.15) is 4.98 Å². The van der Waals surface area contributed by atoms with Crippen LogP contribution in [0.5, 0.6) is 0 Å². The summed E-state index contributed by atoms with van der Waals surface area (Å²) >= 11 is 3.42. The molecule has 1 saturated heterocycles. The molecule has 2 aromatic heterocycles. The minimum Gasteiger partial charge on any atom is -0.357 e. The number of aromatic nitrogens is 3. The van der Waals surface area contributed by atoms with E-state index < -0.39 is 0 Å². The average Bonchev–Trinajstić information content (AvgIpc) is 3.26. The first kappa shape index (κ1) is 13.2. The third kappa shape index (κ3) is 2.81. The van der Waals surface area contributed by atoms with Crippen LogP contribution in [0.15, 0.2) is 27.3 Å². The van der Waals surface area contributed by atoms with Gasteiger partial charge in [-0.25, -0.2) is 4.98 Å². The molecule has 4 rings (SSSR count). The second-order valence-corrected chi connectivity index (χ2v) is 6.78. The van der Waals surface area contributed by atoms with Crippen LogP contribution in [-0.2, 0) is 0 Å². The van der Waals surface area contributed by atoms with Crippen molar-refractivity contribution < 1.29 is 4.52 Å². The maximum atomic E-state index is 5.37. The third-order valence-corrected chi connectivity index (χ3v) is 4.75. The summed E-state index contributed by atoms with van der Waals surface area (Å²) in [6.45, 7) is 1.99. The van der Waals surface area contributed by atoms with Gasteiger partial charge in [-0.15, -0.1) is 0 Å². The molecule has 3 heterocycles. The van der Waals surface area contributed by atoms with E-state index in [4.69, 9.17) is 4.52 Å². The summed E-state index contributed by atoms with van der Waals surface area (Å²) in [5.41, 5.74) is 0. The zero-order valence-electron chi connectivity index (χ0n) is 11.7. The number of halogens is 1. The van der Waals surface area contributed by atoms with Crippen LogP contribution < -0.4 is 4.90 Å². The summed E-state index contributed by atoms with van der Waals surface area (Å²) in [4.78, 5) is 11.4. The van der Waals surface area contributed by atoms with Crippen molar-refractivity contribution in [2.75, 3.05) is 18.0 Å². The fourth-order valence-electron chi connectivity index (χ4n) is 2.83. The highest BCUT2D eigenvalue weighted by Crippen LogP contribution is 2.39. The fraction of sp³-hybridized carbons (Fsp3) is 0.533. The smallest absolute Gasteiger partial charge is 0.229 e. The summed E-state index contributed by atoms with van der Waals surface area (Å²) in [7, 11) is 0. The molecule has 2 aliphatic rings. The minimum absolute atomic E-state index is 0.424. The number of hydrogen-bond donors (Lipinski definition) is 0. The molecule has 0 spiro atoms. The van der Waals surface area contributed by atoms with Crippen LogP contribution in [0.4, 0.5) is 5.82 Å². The molecule has 0 amide bonds. The lowest BCUT2D eigenvalue weighted by Gasteiger charge is -2.31. The first-order chi connectivity index (χ1) is 10.3. The lowest BCUT2D eigenvalue weighted by Crippen LogP contribution is -2.33. The van der Waals surface area contributed by atoms with Gasteiger partial charge in [0.2, 0.25) is 5.89 Å². The number of anilines is 1. The summed E-state index contributed by atoms with van der Waals surface area (Å²) in [6, 6.07) is 4.10. The van der Waals surface area contributed by atoms with Gasteiger partial charge in [-0.3, -0.25) is 0 Å². The standard InChI is InChI=1S/C15H17BrN4O/c16-12-3-4-13(17-9-12)20-7-5-10(6-8-20)14-18-15(21-19-14)11-1-2-11/h3-4,9-11H,1-2,5-8H2. The number of pyridine rings is 1. The second-order valence-electron chi connectivity index (χ2n) is 5.86. The Morgan fingerprint density at radius 2 is 1.90 bits per heavy atom. The number of nitrogens with zero attached hydrogens (tertiary/aromatic N) is 4. The number of piperidine rings is 1. The lowest BCUT2D eigenvalue weighted by molar-refractivity contribution is 0.364. The topological polar surface area (TPSA) is 55.1 Å². The predicted octanol–water partition coefficient (Wildman–Crippen LogP) is 3.49. The molecule has 1 aliphatic heterocycles. The zero-order valence-corrected chi connectivity index (χ0v) is 13.3. The van der Waals surface area contributed by atoms with Crippen LogP contribution in [0.2, 0.25) is 0 Å². The molecule has 0 aromatic carbocycles. The lowest BCUT2D eigenvalue weighted by atomic mass is 9.96. The molecule has 0 bridgehead atoms. The van der Waals surface area contributed by atoms with Gasteiger partial charge < -0.3 is 9.42 Å². The van der Waals surface area contributed by atoms with Crippen molar-refractivity contribution in [2.45, 2.75) is 37.5 Å². The normalized spacial score (nSPS) is 20.0. The van der Waals surface area contributed by atoms with Gasteiger partial charge in [0.25, 0.3) is 0 Å². The van der Waals surface area contributed by atoms with Crippen molar-refractivity contribution in [2.24, 2.45) is 0 Å². The molecular weight excluding hydrogens is 332 g/mol. The molecule has 21 heavy (non-hydrogen) atoms. The molecule has 110 valence electrons. The van der Waals surface area contributed by atoms with E-state index in [-0.39, 0.29) is 0 Å². The average molecular weight is 349 g/mol. The van der Waals surface area contributed by atoms with Crippen molar-refractivity contribution >= 4 is 21.7 Å². The SMILES string of the molecule is Brc1ccc(N2CCC(c3noc(C4CC4)n3)CC2)nc1. The molecule has 1 aliphatic carbocycles. The van der Waals surface area contributed by atoms with Gasteiger partial charge in [-0.05, 0) is 53.7 Å². The van der Waals surface area contributed by atoms with Gasteiger partial charge in [-0.1, -0.05) is 5.16 Å². The van der Waals surface area contributed by atoms with Crippen molar-refractivity contribution in [3.05, 3.63) is 34.5 Å². The highest BCUT2D eigenvalue weighted by molar-refractivity contribution is 9.10. The maximum absolute atomic E-state index is 5.37. The van der Waals surface area contributed by atoms with E-state index in [2.05, 4.69) is 42.0 Å². The molecule has 0 unspecified atom stereocenters. The largest absolute Gasteiger partial charge is 0.357 e. The van der Waals surface area contributed by atoms with Crippen molar-refractivity contribution in [1.82, 2.24) is 15.1 Å². The first-order valence-electron chi connectivity index (χ1n) is 7.49. The van der Waals surface area contributed by atoms with Crippen molar-refractivity contribution in [1.29, 1.82) is 0 Å². The van der Waals surface area contributed by atoms with Gasteiger partial charge in [0.15, 0.2) is 5.82 Å². The summed E-state index contributed by atoms with van der Waals surface area (Å²) in [6.07, 6.45) is 6.37. The predicted molar refractivity (Wildman–Crippen MR) is 82.4 cm³/mol. The molecule has 6 heteroatoms. The van der Waals surface area contributed by atoms with Crippen LogP contribution >= 0.6 is 15.9 Å². The van der Waals surface area contributed by atoms with Gasteiger partial charge in [0, 0.05) is 35.6 Å². The Kier molecular flexibility index (Phi) is 3.41. The van der Waals surface area contributed by atoms with Crippen LogP contribution in [0.25, 0.3) is 0 Å². The van der Waals surface area contributed by atoms with E-state index in [1.54, 1.807) is 0 Å². The van der Waals surface area contributed by atoms with E-state index in [1.807, 2.05) is 12.3 Å². The first-order valence-corrected chi connectivity index (χ1v) is 8.29. The van der Waals surface area contributed by atoms with E-state index >= 15 is 0 Å². The fourth-order valence-corrected chi connectivity index (χ4v) is 3.07. The zero-order chi connectivity index (χ0) is 14.2. The summed E-state index contributed by atoms with van der Waals surface area (Å²) < 4.78 is 6.39. The Morgan fingerprint density at radius 1 is 1.10 bits per heavy atom. The van der Waals surface area contributed by atoms with Gasteiger partial charge >= 0.3 is 0 Å². The van der Waals surface area contributed by atoms with E-state index in [0.717, 1.165) is 47.9 Å². The van der Waals surface area contributed by atoms with Crippen LogP contribution in [0, 0.1) is 0 Å². The van der Waals surface area contributed by atoms with Gasteiger partial charge in [0.1, 0.15) is 5.82 Å². The Bertz CT molecular complexity index is 615. The number of rotatable bonds is 3. The molecular formula is C15H17BrN4O. The van der Waals surface area contributed by atoms with E-state index in [1.165, 1.54) is 12.8 Å². The monoisotopic (exact) mass is 348 g/mol. The minimum atomic E-state index is 0.424. The van der Waals surface area contributed by atoms with E-state index in [0.29, 0.717) is 11.8 Å². The van der Waals surface area contributed by atoms with E-state index in [9.17, 15) is 0 Å². The van der Waals surface area contributed by atoms with Crippen LogP contribution in [0.3, 0.4) is 0 Å². The maximum Gasteiger partial charge on any atom is 0.229 e. The molecule has 0 atom stereocenters. The third-order valence-electron chi connectivity index (χ3n) is 4.28. The molecule has 2 fully saturated rings. The van der Waals surface area contributed by atoms with Gasteiger partial charge in [0.05, 0.1) is 0 Å². The highest BCUT2D eigenvalue weighted by Gasteiger charge is 2.31. The Hall–Kier alpha value is -1.43. The quantitative estimate of drug-likeness (QED) is 0.849. The summed E-state index contributed by atoms with van der Waals surface area (Å²) in [5.74, 6) is 3.76. The Labute approximate surface area is 131 Å². The Balaban J connectivity index is 1.40. The van der Waals surface area contributed by atoms with Crippen LogP contribution in [-0.4, -0.2) is 28.2 Å². The molecule has 1 saturated carbocycles. The summed E-state index contributed by atoms with van der Waals surface area (Å²) in [5, 5.41) is 4.18. The van der Waals surface area contributed by atoms with Crippen molar-refractivity contribution in [3.63, 3.8) is 0 Å². The van der Waals surface area contributed by atoms with Crippen LogP contribution in [0.1, 0.15) is 49.2 Å². The molecule has 0 radical (unpaired) electrons. The highest BCUT2D eigenvalue weighted by atomic mass is 79.9.